The highest BCUT2D eigenvalue weighted by Gasteiger charge is 2.29. The van der Waals surface area contributed by atoms with Crippen LogP contribution in [0, 0.1) is 0 Å². The molecule has 94 valence electrons. The Morgan fingerprint density at radius 2 is 2.17 bits per heavy atom. The van der Waals surface area contributed by atoms with Gasteiger partial charge in [0.1, 0.15) is 11.4 Å². The van der Waals surface area contributed by atoms with Crippen molar-refractivity contribution in [1.29, 1.82) is 0 Å². The molecule has 0 saturated heterocycles. The normalized spacial score (nSPS) is 13.4. The fourth-order valence-corrected chi connectivity index (χ4v) is 3.51. The summed E-state index contributed by atoms with van der Waals surface area (Å²) in [5.74, 6) is 0.334. The Kier molecular flexibility index (Phi) is 2.76. The standard InChI is InChI=1S/C11H7BrClNO3S/c12-9-3-1-2-6-7(9)4-8-10(5-18(13,15)16)14-17-11(6)8/h1-3H,4-5H2. The summed E-state index contributed by atoms with van der Waals surface area (Å²) >= 11 is 3.47. The summed E-state index contributed by atoms with van der Waals surface area (Å²) in [7, 11) is 1.62. The van der Waals surface area contributed by atoms with Crippen molar-refractivity contribution in [2.24, 2.45) is 0 Å². The van der Waals surface area contributed by atoms with Gasteiger partial charge in [-0.15, -0.1) is 0 Å². The molecule has 7 heteroatoms. The van der Waals surface area contributed by atoms with Gasteiger partial charge in [0.25, 0.3) is 0 Å². The van der Waals surface area contributed by atoms with Crippen LogP contribution in [0.5, 0.6) is 0 Å². The smallest absolute Gasteiger partial charge is 0.238 e. The molecular weight excluding hydrogens is 342 g/mol. The zero-order valence-electron chi connectivity index (χ0n) is 8.98. The molecule has 0 radical (unpaired) electrons. The average Bonchev–Trinajstić information content (AvgIpc) is 2.78. The Labute approximate surface area is 116 Å². The van der Waals surface area contributed by atoms with Crippen LogP contribution in [0.2, 0.25) is 0 Å². The Bertz CT molecular complexity index is 739. The first-order chi connectivity index (χ1) is 8.46. The number of rotatable bonds is 2. The molecule has 0 unspecified atom stereocenters. The molecule has 18 heavy (non-hydrogen) atoms. The highest BCUT2D eigenvalue weighted by Crippen LogP contribution is 2.41. The van der Waals surface area contributed by atoms with Crippen molar-refractivity contribution in [3.63, 3.8) is 0 Å². The Balaban J connectivity index is 2.11. The molecule has 0 N–H and O–H groups in total. The zero-order chi connectivity index (χ0) is 12.9. The zero-order valence-corrected chi connectivity index (χ0v) is 12.1. The summed E-state index contributed by atoms with van der Waals surface area (Å²) in [6.07, 6.45) is 0.608. The molecule has 0 saturated carbocycles. The van der Waals surface area contributed by atoms with Crippen LogP contribution in [0.3, 0.4) is 0 Å². The maximum Gasteiger partial charge on any atom is 0.238 e. The fraction of sp³-hybridized carbons (Fsp3) is 0.182. The van der Waals surface area contributed by atoms with E-state index in [1.807, 2.05) is 18.2 Å². The molecule has 3 rings (SSSR count). The number of benzene rings is 1. The number of halogens is 2. The number of hydrogen-bond acceptors (Lipinski definition) is 4. The van der Waals surface area contributed by atoms with Gasteiger partial charge in [0.2, 0.25) is 9.05 Å². The second-order valence-electron chi connectivity index (χ2n) is 4.06. The van der Waals surface area contributed by atoms with Crippen molar-refractivity contribution in [3.8, 4) is 11.3 Å². The van der Waals surface area contributed by atoms with E-state index in [1.165, 1.54) is 0 Å². The van der Waals surface area contributed by atoms with Crippen LogP contribution in [0.1, 0.15) is 16.8 Å². The van der Waals surface area contributed by atoms with Gasteiger partial charge in [-0.25, -0.2) is 8.42 Å². The van der Waals surface area contributed by atoms with E-state index in [1.54, 1.807) is 0 Å². The van der Waals surface area contributed by atoms with Crippen LogP contribution >= 0.6 is 26.6 Å². The van der Waals surface area contributed by atoms with E-state index in [4.69, 9.17) is 15.2 Å². The predicted molar refractivity (Wildman–Crippen MR) is 70.9 cm³/mol. The van der Waals surface area contributed by atoms with Crippen molar-refractivity contribution in [2.75, 3.05) is 0 Å². The molecule has 0 atom stereocenters. The van der Waals surface area contributed by atoms with Gasteiger partial charge in [-0.3, -0.25) is 0 Å². The summed E-state index contributed by atoms with van der Waals surface area (Å²) in [6.45, 7) is 0. The van der Waals surface area contributed by atoms with Crippen LogP contribution in [0.25, 0.3) is 11.3 Å². The maximum atomic E-state index is 11.1. The molecule has 4 nitrogen and oxygen atoms in total. The van der Waals surface area contributed by atoms with Crippen molar-refractivity contribution < 1.29 is 12.9 Å². The van der Waals surface area contributed by atoms with Gasteiger partial charge in [-0.05, 0) is 11.6 Å². The lowest BCUT2D eigenvalue weighted by Crippen LogP contribution is -1.98. The largest absolute Gasteiger partial charge is 0.356 e. The first-order valence-corrected chi connectivity index (χ1v) is 8.40. The first kappa shape index (κ1) is 12.2. The van der Waals surface area contributed by atoms with Gasteiger partial charge < -0.3 is 4.52 Å². The second-order valence-corrected chi connectivity index (χ2v) is 7.69. The van der Waals surface area contributed by atoms with Crippen LogP contribution in [-0.2, 0) is 21.2 Å². The van der Waals surface area contributed by atoms with Gasteiger partial charge in [0.05, 0.1) is 0 Å². The highest BCUT2D eigenvalue weighted by molar-refractivity contribution is 9.10. The topological polar surface area (TPSA) is 60.2 Å². The minimum absolute atomic E-state index is 0.307. The van der Waals surface area contributed by atoms with E-state index < -0.39 is 9.05 Å². The molecule has 0 spiro atoms. The van der Waals surface area contributed by atoms with Crippen LogP contribution < -0.4 is 0 Å². The molecule has 0 bridgehead atoms. The summed E-state index contributed by atoms with van der Waals surface area (Å²) in [4.78, 5) is 0. The van der Waals surface area contributed by atoms with Crippen molar-refractivity contribution in [2.45, 2.75) is 12.2 Å². The van der Waals surface area contributed by atoms with Crippen molar-refractivity contribution in [1.82, 2.24) is 5.16 Å². The van der Waals surface area contributed by atoms with E-state index in [-0.39, 0.29) is 5.75 Å². The highest BCUT2D eigenvalue weighted by atomic mass is 79.9. The van der Waals surface area contributed by atoms with E-state index in [9.17, 15) is 8.42 Å². The lowest BCUT2D eigenvalue weighted by molar-refractivity contribution is 0.426. The Morgan fingerprint density at radius 3 is 2.89 bits per heavy atom. The molecule has 1 aliphatic carbocycles. The van der Waals surface area contributed by atoms with Crippen LogP contribution in [-0.4, -0.2) is 13.6 Å². The van der Waals surface area contributed by atoms with Gasteiger partial charge in [0, 0.05) is 32.7 Å². The van der Waals surface area contributed by atoms with Gasteiger partial charge in [-0.1, -0.05) is 33.2 Å². The van der Waals surface area contributed by atoms with E-state index in [0.717, 1.165) is 21.2 Å². The quantitative estimate of drug-likeness (QED) is 0.668. The lowest BCUT2D eigenvalue weighted by atomic mass is 10.1. The third-order valence-corrected chi connectivity index (χ3v) is 4.58. The Hall–Kier alpha value is -0.850. The minimum atomic E-state index is -3.63. The average molecular weight is 349 g/mol. The van der Waals surface area contributed by atoms with Crippen molar-refractivity contribution >= 4 is 35.7 Å². The Morgan fingerprint density at radius 1 is 1.39 bits per heavy atom. The summed E-state index contributed by atoms with van der Waals surface area (Å²) in [6, 6.07) is 5.77. The third kappa shape index (κ3) is 1.98. The number of fused-ring (bicyclic) bond motifs is 3. The molecule has 0 fully saturated rings. The summed E-state index contributed by atoms with van der Waals surface area (Å²) in [5.41, 5.74) is 3.23. The molecule has 0 amide bonds. The number of aromatic nitrogens is 1. The third-order valence-electron chi connectivity index (χ3n) is 2.90. The summed E-state index contributed by atoms with van der Waals surface area (Å²) < 4.78 is 28.4. The maximum absolute atomic E-state index is 11.1. The minimum Gasteiger partial charge on any atom is -0.356 e. The van der Waals surface area contributed by atoms with E-state index in [2.05, 4.69) is 21.1 Å². The molecule has 1 heterocycles. The molecular formula is C11H7BrClNO3S. The number of hydrogen-bond donors (Lipinski definition) is 0. The molecule has 2 aromatic rings. The van der Waals surface area contributed by atoms with Gasteiger partial charge in [0.15, 0.2) is 5.76 Å². The van der Waals surface area contributed by atoms with E-state index >= 15 is 0 Å². The summed E-state index contributed by atoms with van der Waals surface area (Å²) in [5, 5.41) is 3.80. The van der Waals surface area contributed by atoms with Crippen LogP contribution in [0.4, 0.5) is 0 Å². The van der Waals surface area contributed by atoms with E-state index in [0.29, 0.717) is 17.9 Å². The molecule has 1 aromatic heterocycles. The molecule has 1 aliphatic rings. The molecule has 1 aromatic carbocycles. The fourth-order valence-electron chi connectivity index (χ4n) is 2.14. The van der Waals surface area contributed by atoms with Crippen LogP contribution in [0.15, 0.2) is 27.2 Å². The predicted octanol–water partition coefficient (Wildman–Crippen LogP) is 3.08. The SMILES string of the molecule is O=S(=O)(Cl)Cc1noc2c1Cc1c(Br)cccc1-2. The number of nitrogens with zero attached hydrogens (tertiary/aromatic N) is 1. The van der Waals surface area contributed by atoms with Crippen molar-refractivity contribution in [3.05, 3.63) is 39.5 Å². The monoisotopic (exact) mass is 347 g/mol. The first-order valence-electron chi connectivity index (χ1n) is 5.13. The van der Waals surface area contributed by atoms with Gasteiger partial charge in [-0.2, -0.15) is 0 Å². The second kappa shape index (κ2) is 4.08. The lowest BCUT2D eigenvalue weighted by Gasteiger charge is -2.00. The van der Waals surface area contributed by atoms with Gasteiger partial charge >= 0.3 is 0 Å². The molecule has 0 aliphatic heterocycles.